The molecule has 0 saturated carbocycles. The SMILES string of the molecule is CCCNC(CCC1CCCCO1)c1ccc(Br)s1. The van der Waals surface area contributed by atoms with Crippen LogP contribution < -0.4 is 5.32 Å². The molecule has 1 aromatic rings. The molecule has 2 rings (SSSR count). The van der Waals surface area contributed by atoms with Crippen LogP contribution in [0.15, 0.2) is 15.9 Å². The Balaban J connectivity index is 1.86. The van der Waals surface area contributed by atoms with Gasteiger partial charge in [0.05, 0.1) is 9.89 Å². The van der Waals surface area contributed by atoms with Crippen molar-refractivity contribution in [3.63, 3.8) is 0 Å². The first-order valence-electron chi connectivity index (χ1n) is 7.40. The number of thiophene rings is 1. The van der Waals surface area contributed by atoms with Crippen LogP contribution >= 0.6 is 27.3 Å². The lowest BCUT2D eigenvalue weighted by Crippen LogP contribution is -2.25. The van der Waals surface area contributed by atoms with Crippen LogP contribution in [0.25, 0.3) is 0 Å². The zero-order valence-corrected chi connectivity index (χ0v) is 14.1. The predicted molar refractivity (Wildman–Crippen MR) is 85.9 cm³/mol. The van der Waals surface area contributed by atoms with Crippen LogP contribution in [-0.2, 0) is 4.74 Å². The summed E-state index contributed by atoms with van der Waals surface area (Å²) in [4.78, 5) is 1.44. The monoisotopic (exact) mass is 345 g/mol. The van der Waals surface area contributed by atoms with Crippen LogP contribution in [0.1, 0.15) is 56.4 Å². The van der Waals surface area contributed by atoms with Gasteiger partial charge in [-0.05, 0) is 73.1 Å². The molecule has 1 N–H and O–H groups in total. The highest BCUT2D eigenvalue weighted by molar-refractivity contribution is 9.11. The summed E-state index contributed by atoms with van der Waals surface area (Å²) >= 11 is 5.41. The number of hydrogen-bond acceptors (Lipinski definition) is 3. The van der Waals surface area contributed by atoms with E-state index in [0.717, 1.165) is 13.2 Å². The second-order valence-electron chi connectivity index (χ2n) is 5.21. The third kappa shape index (κ3) is 5.18. The van der Waals surface area contributed by atoms with Gasteiger partial charge < -0.3 is 10.1 Å². The second kappa shape index (κ2) is 8.40. The van der Waals surface area contributed by atoms with Gasteiger partial charge in [-0.3, -0.25) is 0 Å². The Kier molecular flexibility index (Phi) is 6.85. The van der Waals surface area contributed by atoms with Crippen molar-refractivity contribution < 1.29 is 4.74 Å². The Morgan fingerprint density at radius 1 is 1.47 bits per heavy atom. The third-order valence-corrected chi connectivity index (χ3v) is 5.37. The fourth-order valence-corrected chi connectivity index (χ4v) is 4.10. The summed E-state index contributed by atoms with van der Waals surface area (Å²) in [6.07, 6.45) is 7.85. The van der Waals surface area contributed by atoms with Gasteiger partial charge >= 0.3 is 0 Å². The molecule has 0 radical (unpaired) electrons. The van der Waals surface area contributed by atoms with Gasteiger partial charge in [0.1, 0.15) is 0 Å². The molecule has 0 spiro atoms. The van der Waals surface area contributed by atoms with Crippen molar-refractivity contribution in [1.82, 2.24) is 5.32 Å². The Morgan fingerprint density at radius 2 is 2.37 bits per heavy atom. The van der Waals surface area contributed by atoms with E-state index in [1.807, 2.05) is 11.3 Å². The summed E-state index contributed by atoms with van der Waals surface area (Å²) in [6.45, 7) is 4.27. The maximum absolute atomic E-state index is 5.84. The Bertz CT molecular complexity index is 363. The predicted octanol–water partition coefficient (Wildman–Crippen LogP) is 4.90. The van der Waals surface area contributed by atoms with E-state index in [4.69, 9.17) is 4.74 Å². The van der Waals surface area contributed by atoms with Crippen LogP contribution in [0.2, 0.25) is 0 Å². The average molecular weight is 346 g/mol. The van der Waals surface area contributed by atoms with Crippen molar-refractivity contribution in [2.75, 3.05) is 13.2 Å². The van der Waals surface area contributed by atoms with Gasteiger partial charge in [-0.25, -0.2) is 0 Å². The zero-order chi connectivity index (χ0) is 13.5. The Hall–Kier alpha value is 0.1000. The number of ether oxygens (including phenoxy) is 1. The first-order chi connectivity index (χ1) is 9.29. The molecule has 1 saturated heterocycles. The Morgan fingerprint density at radius 3 is 3.00 bits per heavy atom. The van der Waals surface area contributed by atoms with Crippen molar-refractivity contribution in [2.45, 2.75) is 57.6 Å². The van der Waals surface area contributed by atoms with Gasteiger partial charge in [0.25, 0.3) is 0 Å². The summed E-state index contributed by atoms with van der Waals surface area (Å²) in [5.41, 5.74) is 0. The van der Waals surface area contributed by atoms with Gasteiger partial charge in [0, 0.05) is 17.5 Å². The van der Waals surface area contributed by atoms with Crippen LogP contribution in [0.3, 0.4) is 0 Å². The highest BCUT2D eigenvalue weighted by Crippen LogP contribution is 2.31. The molecule has 0 bridgehead atoms. The minimum Gasteiger partial charge on any atom is -0.378 e. The summed E-state index contributed by atoms with van der Waals surface area (Å²) < 4.78 is 7.06. The minimum atomic E-state index is 0.488. The molecule has 1 aromatic heterocycles. The summed E-state index contributed by atoms with van der Waals surface area (Å²) in [5, 5.41) is 3.67. The molecule has 2 unspecified atom stereocenters. The second-order valence-corrected chi connectivity index (χ2v) is 7.71. The molecule has 4 heteroatoms. The van der Waals surface area contributed by atoms with Gasteiger partial charge in [-0.2, -0.15) is 0 Å². The van der Waals surface area contributed by atoms with Crippen molar-refractivity contribution >= 4 is 27.3 Å². The Labute approximate surface area is 129 Å². The average Bonchev–Trinajstić information content (AvgIpc) is 2.86. The molecule has 2 heterocycles. The first-order valence-corrected chi connectivity index (χ1v) is 9.00. The molecular weight excluding hydrogens is 322 g/mol. The molecule has 19 heavy (non-hydrogen) atoms. The quantitative estimate of drug-likeness (QED) is 0.758. The topological polar surface area (TPSA) is 21.3 Å². The molecule has 0 amide bonds. The maximum Gasteiger partial charge on any atom is 0.0701 e. The van der Waals surface area contributed by atoms with Crippen molar-refractivity contribution in [3.8, 4) is 0 Å². The lowest BCUT2D eigenvalue weighted by molar-refractivity contribution is 0.00860. The molecule has 0 aromatic carbocycles. The molecule has 0 aliphatic carbocycles. The zero-order valence-electron chi connectivity index (χ0n) is 11.7. The molecule has 1 aliphatic heterocycles. The van der Waals surface area contributed by atoms with Gasteiger partial charge in [0.15, 0.2) is 0 Å². The summed E-state index contributed by atoms with van der Waals surface area (Å²) in [7, 11) is 0. The normalized spacial score (nSPS) is 21.5. The molecule has 2 nitrogen and oxygen atoms in total. The third-order valence-electron chi connectivity index (χ3n) is 3.63. The van der Waals surface area contributed by atoms with Crippen molar-refractivity contribution in [3.05, 3.63) is 20.8 Å². The standard InChI is InChI=1S/C15H24BrNOS/c1-2-10-17-13(14-8-9-15(16)19-14)7-6-12-5-3-4-11-18-12/h8-9,12-13,17H,2-7,10-11H2,1H3. The number of hydrogen-bond donors (Lipinski definition) is 1. The summed E-state index contributed by atoms with van der Waals surface area (Å²) in [6, 6.07) is 4.88. The molecule has 1 fully saturated rings. The molecular formula is C15H24BrNOS. The van der Waals surface area contributed by atoms with E-state index in [0.29, 0.717) is 12.1 Å². The fourth-order valence-electron chi connectivity index (χ4n) is 2.57. The van der Waals surface area contributed by atoms with Crippen molar-refractivity contribution in [1.29, 1.82) is 0 Å². The highest BCUT2D eigenvalue weighted by Gasteiger charge is 2.18. The van der Waals surface area contributed by atoms with Gasteiger partial charge in [-0.15, -0.1) is 11.3 Å². The van der Waals surface area contributed by atoms with E-state index in [-0.39, 0.29) is 0 Å². The minimum absolute atomic E-state index is 0.488. The van der Waals surface area contributed by atoms with Crippen LogP contribution in [0, 0.1) is 0 Å². The largest absolute Gasteiger partial charge is 0.378 e. The number of nitrogens with one attached hydrogen (secondary N) is 1. The first kappa shape index (κ1) is 15.5. The van der Waals surface area contributed by atoms with Gasteiger partial charge in [0.2, 0.25) is 0 Å². The van der Waals surface area contributed by atoms with E-state index in [9.17, 15) is 0 Å². The number of halogens is 1. The molecule has 108 valence electrons. The van der Waals surface area contributed by atoms with E-state index >= 15 is 0 Å². The van der Waals surface area contributed by atoms with Gasteiger partial charge in [-0.1, -0.05) is 6.92 Å². The maximum atomic E-state index is 5.84. The fraction of sp³-hybridized carbons (Fsp3) is 0.733. The lowest BCUT2D eigenvalue weighted by Gasteiger charge is -2.25. The molecule has 2 atom stereocenters. The smallest absolute Gasteiger partial charge is 0.0701 e. The van der Waals surface area contributed by atoms with E-state index in [1.165, 1.54) is 47.2 Å². The van der Waals surface area contributed by atoms with E-state index in [2.05, 4.69) is 40.3 Å². The van der Waals surface area contributed by atoms with Crippen molar-refractivity contribution in [2.24, 2.45) is 0 Å². The van der Waals surface area contributed by atoms with Crippen LogP contribution in [0.4, 0.5) is 0 Å². The van der Waals surface area contributed by atoms with Crippen LogP contribution in [0.5, 0.6) is 0 Å². The molecule has 1 aliphatic rings. The number of rotatable bonds is 7. The summed E-state index contributed by atoms with van der Waals surface area (Å²) in [5.74, 6) is 0. The van der Waals surface area contributed by atoms with E-state index < -0.39 is 0 Å². The highest BCUT2D eigenvalue weighted by atomic mass is 79.9. The van der Waals surface area contributed by atoms with E-state index in [1.54, 1.807) is 0 Å². The lowest BCUT2D eigenvalue weighted by atomic mass is 10.0. The van der Waals surface area contributed by atoms with Crippen LogP contribution in [-0.4, -0.2) is 19.3 Å².